The molecule has 11 heteroatoms. The van der Waals surface area contributed by atoms with Crippen LogP contribution in [0, 0.1) is 17.0 Å². The summed E-state index contributed by atoms with van der Waals surface area (Å²) in [7, 11) is 0. The first-order valence-corrected chi connectivity index (χ1v) is 9.35. The van der Waals surface area contributed by atoms with Crippen LogP contribution in [-0.4, -0.2) is 31.5 Å². The van der Waals surface area contributed by atoms with Gasteiger partial charge in [-0.25, -0.2) is 4.68 Å². The minimum absolute atomic E-state index is 0.0255. The Hall–Kier alpha value is -3.11. The average Bonchev–Trinajstić information content (AvgIpc) is 3.03. The number of nitrogen functional groups attached to an aromatic ring is 1. The lowest BCUT2D eigenvalue weighted by molar-refractivity contribution is -0.384. The highest BCUT2D eigenvalue weighted by Crippen LogP contribution is 2.27. The van der Waals surface area contributed by atoms with Gasteiger partial charge in [-0.1, -0.05) is 53.2 Å². The largest absolute Gasteiger partial charge is 0.335 e. The molecule has 0 spiro atoms. The molecule has 0 radical (unpaired) electrons. The molecule has 3 rings (SSSR count). The third kappa shape index (κ3) is 4.41. The molecule has 1 amide bonds. The molecule has 9 nitrogen and oxygen atoms in total. The van der Waals surface area contributed by atoms with Gasteiger partial charge in [0.2, 0.25) is 11.1 Å². The van der Waals surface area contributed by atoms with Crippen LogP contribution < -0.4 is 11.2 Å². The number of non-ortho nitro benzene ring substituents is 1. The van der Waals surface area contributed by atoms with Crippen LogP contribution >= 0.6 is 23.4 Å². The third-order valence-corrected chi connectivity index (χ3v) is 5.01. The van der Waals surface area contributed by atoms with Crippen molar-refractivity contribution in [3.8, 4) is 11.4 Å². The molecule has 0 unspecified atom stereocenters. The number of aromatic nitrogens is 3. The van der Waals surface area contributed by atoms with Crippen molar-refractivity contribution in [3.63, 3.8) is 0 Å². The van der Waals surface area contributed by atoms with Crippen molar-refractivity contribution in [1.82, 2.24) is 14.9 Å². The number of halogens is 1. The number of nitrogens with two attached hydrogens (primary N) is 1. The molecule has 0 saturated heterocycles. The van der Waals surface area contributed by atoms with Crippen molar-refractivity contribution in [2.45, 2.75) is 12.1 Å². The first-order valence-electron chi connectivity index (χ1n) is 7.99. The van der Waals surface area contributed by atoms with Gasteiger partial charge in [0.05, 0.1) is 21.4 Å². The Kier molecular flexibility index (Phi) is 5.81. The number of thioether (sulfide) groups is 1. The Labute approximate surface area is 169 Å². The van der Waals surface area contributed by atoms with Crippen molar-refractivity contribution >= 4 is 40.6 Å². The van der Waals surface area contributed by atoms with Gasteiger partial charge in [0.15, 0.2) is 5.82 Å². The molecule has 2 aromatic carbocycles. The summed E-state index contributed by atoms with van der Waals surface area (Å²) >= 11 is 7.06. The normalized spacial score (nSPS) is 10.6. The molecule has 0 saturated carbocycles. The highest BCUT2D eigenvalue weighted by molar-refractivity contribution is 7.99. The van der Waals surface area contributed by atoms with E-state index in [0.29, 0.717) is 11.0 Å². The number of benzene rings is 2. The van der Waals surface area contributed by atoms with E-state index in [-0.39, 0.29) is 22.2 Å². The van der Waals surface area contributed by atoms with E-state index >= 15 is 0 Å². The number of carbonyl (C=O) groups excluding carboxylic acids is 1. The second-order valence-corrected chi connectivity index (χ2v) is 7.15. The maximum absolute atomic E-state index is 12.2. The van der Waals surface area contributed by atoms with Crippen LogP contribution in [0.2, 0.25) is 5.02 Å². The molecule has 1 aromatic heterocycles. The summed E-state index contributed by atoms with van der Waals surface area (Å²) in [6.07, 6.45) is 0. The Balaban J connectivity index is 1.66. The van der Waals surface area contributed by atoms with E-state index in [1.807, 2.05) is 31.2 Å². The zero-order valence-corrected chi connectivity index (χ0v) is 16.2. The Morgan fingerprint density at radius 3 is 2.68 bits per heavy atom. The summed E-state index contributed by atoms with van der Waals surface area (Å²) in [5.41, 5.74) is 1.91. The van der Waals surface area contributed by atoms with Crippen molar-refractivity contribution in [2.24, 2.45) is 0 Å². The number of nitro groups is 1. The van der Waals surface area contributed by atoms with E-state index in [0.717, 1.165) is 22.9 Å². The number of hydrogen-bond donors (Lipinski definition) is 2. The topological polar surface area (TPSA) is 129 Å². The van der Waals surface area contributed by atoms with Crippen molar-refractivity contribution in [3.05, 3.63) is 63.2 Å². The molecule has 0 fully saturated rings. The second-order valence-electron chi connectivity index (χ2n) is 5.80. The minimum atomic E-state index is -0.565. The molecule has 28 heavy (non-hydrogen) atoms. The highest BCUT2D eigenvalue weighted by Gasteiger charge is 2.16. The van der Waals surface area contributed by atoms with Gasteiger partial charge < -0.3 is 11.2 Å². The summed E-state index contributed by atoms with van der Waals surface area (Å²) in [6, 6.07) is 11.5. The summed E-state index contributed by atoms with van der Waals surface area (Å²) in [4.78, 5) is 22.5. The molecule has 0 aliphatic heterocycles. The van der Waals surface area contributed by atoms with Crippen LogP contribution in [0.15, 0.2) is 47.6 Å². The van der Waals surface area contributed by atoms with E-state index in [1.165, 1.54) is 22.9 Å². The molecule has 0 aliphatic rings. The minimum Gasteiger partial charge on any atom is -0.335 e. The fourth-order valence-corrected chi connectivity index (χ4v) is 3.14. The lowest BCUT2D eigenvalue weighted by Gasteiger charge is -2.07. The molecular formula is C17H15ClN6O3S. The Bertz CT molecular complexity index is 1040. The predicted molar refractivity (Wildman–Crippen MR) is 108 cm³/mol. The predicted octanol–water partition coefficient (Wildman–Crippen LogP) is 3.26. The maximum Gasteiger partial charge on any atom is 0.271 e. The first-order chi connectivity index (χ1) is 13.3. The van der Waals surface area contributed by atoms with Gasteiger partial charge in [-0.3, -0.25) is 14.9 Å². The summed E-state index contributed by atoms with van der Waals surface area (Å²) < 4.78 is 1.31. The molecule has 3 N–H and O–H groups in total. The molecule has 1 heterocycles. The molecule has 0 bridgehead atoms. The summed E-state index contributed by atoms with van der Waals surface area (Å²) in [6.45, 7) is 1.98. The Morgan fingerprint density at radius 2 is 2.00 bits per heavy atom. The lowest BCUT2D eigenvalue weighted by Crippen LogP contribution is -2.16. The number of rotatable bonds is 6. The van der Waals surface area contributed by atoms with Crippen LogP contribution in [-0.2, 0) is 4.79 Å². The van der Waals surface area contributed by atoms with E-state index in [9.17, 15) is 14.9 Å². The van der Waals surface area contributed by atoms with Crippen LogP contribution in [0.3, 0.4) is 0 Å². The van der Waals surface area contributed by atoms with Gasteiger partial charge in [0.1, 0.15) is 0 Å². The quantitative estimate of drug-likeness (QED) is 0.272. The standard InChI is InChI=1S/C17H15ClN6O3S/c1-10-2-4-11(5-3-10)16-21-22-17(23(16)19)28-9-15(25)20-14-8-12(24(26)27)6-7-13(14)18/h2-8H,9,19H2,1H3,(H,20,25). The smallest absolute Gasteiger partial charge is 0.271 e. The second kappa shape index (κ2) is 8.28. The number of aryl methyl sites for hydroxylation is 1. The van der Waals surface area contributed by atoms with Gasteiger partial charge in [-0.2, -0.15) is 0 Å². The van der Waals surface area contributed by atoms with Crippen LogP contribution in [0.25, 0.3) is 11.4 Å². The van der Waals surface area contributed by atoms with Gasteiger partial charge >= 0.3 is 0 Å². The highest BCUT2D eigenvalue weighted by atomic mass is 35.5. The zero-order valence-electron chi connectivity index (χ0n) is 14.6. The van der Waals surface area contributed by atoms with Gasteiger partial charge in [0, 0.05) is 17.7 Å². The molecular weight excluding hydrogens is 404 g/mol. The first kappa shape index (κ1) is 19.6. The van der Waals surface area contributed by atoms with E-state index in [2.05, 4.69) is 15.5 Å². The van der Waals surface area contributed by atoms with Crippen LogP contribution in [0.4, 0.5) is 11.4 Å². The van der Waals surface area contributed by atoms with Crippen molar-refractivity contribution in [1.29, 1.82) is 0 Å². The van der Waals surface area contributed by atoms with E-state index in [1.54, 1.807) is 0 Å². The Morgan fingerprint density at radius 1 is 1.29 bits per heavy atom. The van der Waals surface area contributed by atoms with Crippen molar-refractivity contribution < 1.29 is 9.72 Å². The fraction of sp³-hybridized carbons (Fsp3) is 0.118. The SMILES string of the molecule is Cc1ccc(-c2nnc(SCC(=O)Nc3cc([N+](=O)[O-])ccc3Cl)n2N)cc1. The average molecular weight is 419 g/mol. The number of amides is 1. The van der Waals surface area contributed by atoms with E-state index in [4.69, 9.17) is 17.4 Å². The van der Waals surface area contributed by atoms with Gasteiger partial charge in [0.25, 0.3) is 5.69 Å². The number of carbonyl (C=O) groups is 1. The summed E-state index contributed by atoms with van der Waals surface area (Å²) in [5, 5.41) is 22.0. The molecule has 144 valence electrons. The monoisotopic (exact) mass is 418 g/mol. The maximum atomic E-state index is 12.2. The van der Waals surface area contributed by atoms with Gasteiger partial charge in [-0.15, -0.1) is 10.2 Å². The number of nitro benzene ring substituents is 1. The van der Waals surface area contributed by atoms with Crippen molar-refractivity contribution in [2.75, 3.05) is 16.9 Å². The molecule has 0 atom stereocenters. The number of nitrogens with one attached hydrogen (secondary N) is 1. The lowest BCUT2D eigenvalue weighted by atomic mass is 10.1. The molecule has 3 aromatic rings. The van der Waals surface area contributed by atoms with Crippen LogP contribution in [0.5, 0.6) is 0 Å². The van der Waals surface area contributed by atoms with Crippen LogP contribution in [0.1, 0.15) is 5.56 Å². The fourth-order valence-electron chi connectivity index (χ4n) is 2.31. The van der Waals surface area contributed by atoms with E-state index < -0.39 is 10.8 Å². The van der Waals surface area contributed by atoms with Gasteiger partial charge in [-0.05, 0) is 13.0 Å². The third-order valence-electron chi connectivity index (χ3n) is 3.74. The molecule has 0 aliphatic carbocycles. The number of hydrogen-bond acceptors (Lipinski definition) is 7. The number of nitrogens with zero attached hydrogens (tertiary/aromatic N) is 4. The summed E-state index contributed by atoms with van der Waals surface area (Å²) in [5.74, 6) is 6.07. The number of anilines is 1. The zero-order chi connectivity index (χ0) is 20.3.